The molecule has 0 saturated carbocycles. The molecule has 0 saturated heterocycles. The van der Waals surface area contributed by atoms with Crippen LogP contribution in [0.2, 0.25) is 0 Å². The van der Waals surface area contributed by atoms with Gasteiger partial charge in [-0.3, -0.25) is 0 Å². The number of fused-ring (bicyclic) bond motifs is 3. The summed E-state index contributed by atoms with van der Waals surface area (Å²) >= 11 is 0. The fourth-order valence-corrected chi connectivity index (χ4v) is 2.24. The Kier molecular flexibility index (Phi) is 1.64. The summed E-state index contributed by atoms with van der Waals surface area (Å²) in [6.07, 6.45) is 0. The fraction of sp³-hybridized carbons (Fsp3) is 0.231. The molecule has 1 aromatic carbocycles. The van der Waals surface area contributed by atoms with Gasteiger partial charge >= 0.3 is 0 Å². The molecule has 0 radical (unpaired) electrons. The van der Waals surface area contributed by atoms with Crippen LogP contribution in [0.3, 0.4) is 0 Å². The van der Waals surface area contributed by atoms with Crippen LogP contribution in [-0.2, 0) is 0 Å². The average molecular weight is 212 g/mol. The molecule has 0 aromatic heterocycles. The minimum absolute atomic E-state index is 0.319. The summed E-state index contributed by atoms with van der Waals surface area (Å²) in [5.74, 6) is 1.11. The van der Waals surface area contributed by atoms with Crippen molar-refractivity contribution >= 4 is 22.8 Å². The third kappa shape index (κ3) is 0.975. The number of rotatable bonds is 0. The van der Waals surface area contributed by atoms with Gasteiger partial charge in [-0.15, -0.1) is 0 Å². The quantitative estimate of drug-likeness (QED) is 0.706. The van der Waals surface area contributed by atoms with Gasteiger partial charge in [-0.05, 0) is 38.5 Å². The molecule has 1 aromatic rings. The Hall–Kier alpha value is -1.90. The van der Waals surface area contributed by atoms with Gasteiger partial charge in [-0.2, -0.15) is 0 Å². The van der Waals surface area contributed by atoms with E-state index in [2.05, 4.69) is 16.9 Å². The molecule has 0 atom stereocenters. The maximum Gasteiger partial charge on any atom is 0.161 e. The Bertz CT molecular complexity index is 607. The minimum atomic E-state index is 0.319. The average Bonchev–Trinajstić information content (AvgIpc) is 2.72. The molecule has 1 N–H and O–H groups in total. The van der Waals surface area contributed by atoms with E-state index < -0.39 is 0 Å². The van der Waals surface area contributed by atoms with Gasteiger partial charge in [-0.1, -0.05) is 0 Å². The van der Waals surface area contributed by atoms with Gasteiger partial charge in [0.15, 0.2) is 5.84 Å². The molecule has 0 spiro atoms. The van der Waals surface area contributed by atoms with Gasteiger partial charge in [-0.25, -0.2) is 9.98 Å². The molecule has 0 bridgehead atoms. The fourth-order valence-electron chi connectivity index (χ4n) is 2.24. The van der Waals surface area contributed by atoms with Crippen LogP contribution in [-0.4, -0.2) is 16.7 Å². The standard InChI is InChI=1S/C13H12N2O/c1-6-8(3)14-13-12(6)11-7(2)10(16)5-4-9(11)15-13/h4-5,16H,1-3H3. The van der Waals surface area contributed by atoms with E-state index in [0.29, 0.717) is 5.75 Å². The van der Waals surface area contributed by atoms with Crippen LogP contribution in [0.4, 0.5) is 5.69 Å². The lowest BCUT2D eigenvalue weighted by Crippen LogP contribution is -1.93. The molecule has 2 heterocycles. The predicted molar refractivity (Wildman–Crippen MR) is 65.6 cm³/mol. The van der Waals surface area contributed by atoms with Gasteiger partial charge in [0.05, 0.1) is 5.69 Å². The zero-order chi connectivity index (χ0) is 11.4. The number of hydrogen-bond donors (Lipinski definition) is 1. The summed E-state index contributed by atoms with van der Waals surface area (Å²) in [6, 6.07) is 3.53. The molecule has 16 heavy (non-hydrogen) atoms. The van der Waals surface area contributed by atoms with Crippen molar-refractivity contribution in [2.24, 2.45) is 9.98 Å². The Labute approximate surface area is 93.9 Å². The van der Waals surface area contributed by atoms with Crippen molar-refractivity contribution in [3.8, 4) is 5.75 Å². The van der Waals surface area contributed by atoms with Crippen molar-refractivity contribution in [1.29, 1.82) is 0 Å². The first-order valence-corrected chi connectivity index (χ1v) is 5.28. The van der Waals surface area contributed by atoms with E-state index in [1.807, 2.05) is 19.9 Å². The van der Waals surface area contributed by atoms with Crippen molar-refractivity contribution in [2.75, 3.05) is 0 Å². The first-order chi connectivity index (χ1) is 7.59. The van der Waals surface area contributed by atoms with E-state index in [1.165, 1.54) is 0 Å². The van der Waals surface area contributed by atoms with Crippen molar-refractivity contribution in [3.63, 3.8) is 0 Å². The van der Waals surface area contributed by atoms with E-state index >= 15 is 0 Å². The molecule has 0 unspecified atom stereocenters. The molecule has 0 fully saturated rings. The van der Waals surface area contributed by atoms with Crippen LogP contribution >= 0.6 is 0 Å². The molecule has 2 aliphatic rings. The first-order valence-electron chi connectivity index (χ1n) is 5.28. The molecule has 3 heteroatoms. The number of nitrogens with zero attached hydrogens (tertiary/aromatic N) is 2. The number of amidine groups is 1. The van der Waals surface area contributed by atoms with Crippen LogP contribution in [0.25, 0.3) is 5.57 Å². The summed E-state index contributed by atoms with van der Waals surface area (Å²) < 4.78 is 0. The highest BCUT2D eigenvalue weighted by Crippen LogP contribution is 2.44. The van der Waals surface area contributed by atoms with Crippen LogP contribution in [0.1, 0.15) is 25.0 Å². The summed E-state index contributed by atoms with van der Waals surface area (Å²) in [7, 11) is 0. The molecule has 2 aliphatic heterocycles. The lowest BCUT2D eigenvalue weighted by Gasteiger charge is -2.07. The van der Waals surface area contributed by atoms with E-state index in [-0.39, 0.29) is 0 Å². The van der Waals surface area contributed by atoms with E-state index in [1.54, 1.807) is 6.07 Å². The lowest BCUT2D eigenvalue weighted by atomic mass is 9.96. The second-order valence-electron chi connectivity index (χ2n) is 4.24. The minimum Gasteiger partial charge on any atom is -0.508 e. The topological polar surface area (TPSA) is 45.0 Å². The van der Waals surface area contributed by atoms with E-state index in [4.69, 9.17) is 0 Å². The van der Waals surface area contributed by atoms with Crippen LogP contribution in [0.15, 0.2) is 27.7 Å². The zero-order valence-electron chi connectivity index (χ0n) is 9.50. The second kappa shape index (κ2) is 2.82. The monoisotopic (exact) mass is 212 g/mol. The van der Waals surface area contributed by atoms with Crippen molar-refractivity contribution in [1.82, 2.24) is 0 Å². The van der Waals surface area contributed by atoms with Crippen molar-refractivity contribution in [3.05, 3.63) is 28.8 Å². The SMILES string of the molecule is CC1=NC2=Nc3ccc(O)c(C)c3C2=C1C. The smallest absolute Gasteiger partial charge is 0.161 e. The number of phenols is 1. The number of aliphatic imine (C=N–C) groups is 2. The van der Waals surface area contributed by atoms with Crippen LogP contribution in [0, 0.1) is 6.92 Å². The highest BCUT2D eigenvalue weighted by Gasteiger charge is 2.30. The Balaban J connectivity index is 2.35. The molecular weight excluding hydrogens is 200 g/mol. The number of hydrogen-bond acceptors (Lipinski definition) is 3. The lowest BCUT2D eigenvalue weighted by molar-refractivity contribution is 0.471. The van der Waals surface area contributed by atoms with Crippen LogP contribution in [0.5, 0.6) is 5.75 Å². The number of aromatic hydroxyl groups is 1. The number of allylic oxidation sites excluding steroid dienone is 1. The molecule has 3 rings (SSSR count). The third-order valence-electron chi connectivity index (χ3n) is 3.31. The largest absolute Gasteiger partial charge is 0.508 e. The van der Waals surface area contributed by atoms with Gasteiger partial charge in [0.2, 0.25) is 0 Å². The van der Waals surface area contributed by atoms with Gasteiger partial charge in [0.25, 0.3) is 0 Å². The Morgan fingerprint density at radius 2 is 1.81 bits per heavy atom. The highest BCUT2D eigenvalue weighted by molar-refractivity contribution is 6.40. The zero-order valence-corrected chi connectivity index (χ0v) is 9.50. The molecule has 0 amide bonds. The Morgan fingerprint density at radius 1 is 1.06 bits per heavy atom. The predicted octanol–water partition coefficient (Wildman–Crippen LogP) is 2.99. The maximum atomic E-state index is 9.74. The Morgan fingerprint density at radius 3 is 2.56 bits per heavy atom. The third-order valence-corrected chi connectivity index (χ3v) is 3.31. The maximum absolute atomic E-state index is 9.74. The molecular formula is C13H12N2O. The van der Waals surface area contributed by atoms with E-state index in [0.717, 1.165) is 39.5 Å². The van der Waals surface area contributed by atoms with Gasteiger partial charge in [0, 0.05) is 22.4 Å². The van der Waals surface area contributed by atoms with Gasteiger partial charge < -0.3 is 5.11 Å². The summed E-state index contributed by atoms with van der Waals surface area (Å²) in [6.45, 7) is 5.96. The van der Waals surface area contributed by atoms with Crippen molar-refractivity contribution < 1.29 is 5.11 Å². The van der Waals surface area contributed by atoms with E-state index in [9.17, 15) is 5.11 Å². The van der Waals surface area contributed by atoms with Crippen molar-refractivity contribution in [2.45, 2.75) is 20.8 Å². The van der Waals surface area contributed by atoms with Crippen LogP contribution < -0.4 is 0 Å². The summed E-state index contributed by atoms with van der Waals surface area (Å²) in [5.41, 5.74) is 6.09. The summed E-state index contributed by atoms with van der Waals surface area (Å²) in [4.78, 5) is 8.90. The molecule has 0 aliphatic carbocycles. The van der Waals surface area contributed by atoms with Gasteiger partial charge in [0.1, 0.15) is 5.75 Å². The second-order valence-corrected chi connectivity index (χ2v) is 4.24. The first kappa shape index (κ1) is 9.33. The normalized spacial score (nSPS) is 17.2. The molecule has 80 valence electrons. The number of phenolic OH excluding ortho intramolecular Hbond substituents is 1. The molecule has 3 nitrogen and oxygen atoms in total. The summed E-state index contributed by atoms with van der Waals surface area (Å²) in [5, 5.41) is 9.74. The number of benzene rings is 1. The highest BCUT2D eigenvalue weighted by atomic mass is 16.3.